The maximum atomic E-state index is 6.18. The first-order valence-corrected chi connectivity index (χ1v) is 6.35. The first kappa shape index (κ1) is 14.0. The normalized spacial score (nSPS) is 36.8. The first-order chi connectivity index (χ1) is 6.99. The van der Waals surface area contributed by atoms with E-state index in [0.29, 0.717) is 0 Å². The van der Waals surface area contributed by atoms with Crippen LogP contribution in [0.15, 0.2) is 0 Å². The molecule has 2 atom stereocenters. The van der Waals surface area contributed by atoms with Crippen LogP contribution in [0.1, 0.15) is 61.8 Å². The molecule has 0 spiro atoms. The molecule has 1 aliphatic heterocycles. The molecule has 1 aliphatic rings. The SMILES string of the molecule is CCC1(C)OC(C(C)(C)C)C(C(C)(C)C)O1. The van der Waals surface area contributed by atoms with Gasteiger partial charge in [0.2, 0.25) is 0 Å². The lowest BCUT2D eigenvalue weighted by molar-refractivity contribution is -0.175. The zero-order valence-electron chi connectivity index (χ0n) is 12.2. The molecule has 0 saturated carbocycles. The summed E-state index contributed by atoms with van der Waals surface area (Å²) in [5.41, 5.74) is 0.232. The molecule has 0 N–H and O–H groups in total. The third-order valence-corrected chi connectivity index (χ3v) is 3.38. The van der Waals surface area contributed by atoms with Crippen LogP contribution in [0, 0.1) is 10.8 Å². The monoisotopic (exact) mass is 228 g/mol. The molecule has 1 saturated heterocycles. The van der Waals surface area contributed by atoms with Gasteiger partial charge in [0.05, 0.1) is 12.2 Å². The Kier molecular flexibility index (Phi) is 3.49. The molecule has 0 aromatic carbocycles. The average molecular weight is 228 g/mol. The van der Waals surface area contributed by atoms with E-state index in [0.717, 1.165) is 6.42 Å². The van der Waals surface area contributed by atoms with Crippen molar-refractivity contribution in [1.29, 1.82) is 0 Å². The molecule has 2 heteroatoms. The van der Waals surface area contributed by atoms with Crippen LogP contribution < -0.4 is 0 Å². The van der Waals surface area contributed by atoms with E-state index in [-0.39, 0.29) is 23.0 Å². The second-order valence-electron chi connectivity index (χ2n) is 7.30. The van der Waals surface area contributed by atoms with Crippen LogP contribution in [-0.4, -0.2) is 18.0 Å². The maximum absolute atomic E-state index is 6.18. The van der Waals surface area contributed by atoms with Crippen LogP contribution in [0.5, 0.6) is 0 Å². The van der Waals surface area contributed by atoms with Crippen LogP contribution >= 0.6 is 0 Å². The molecule has 1 rings (SSSR count). The van der Waals surface area contributed by atoms with E-state index in [1.54, 1.807) is 0 Å². The fraction of sp³-hybridized carbons (Fsp3) is 1.00. The van der Waals surface area contributed by atoms with Crippen molar-refractivity contribution in [2.75, 3.05) is 0 Å². The summed E-state index contributed by atoms with van der Waals surface area (Å²) in [4.78, 5) is 0. The van der Waals surface area contributed by atoms with E-state index in [1.165, 1.54) is 0 Å². The van der Waals surface area contributed by atoms with Gasteiger partial charge in [0.15, 0.2) is 5.79 Å². The van der Waals surface area contributed by atoms with Crippen LogP contribution in [0.4, 0.5) is 0 Å². The highest BCUT2D eigenvalue weighted by Gasteiger charge is 2.52. The third-order valence-electron chi connectivity index (χ3n) is 3.38. The van der Waals surface area contributed by atoms with Gasteiger partial charge < -0.3 is 9.47 Å². The van der Waals surface area contributed by atoms with Gasteiger partial charge in [-0.2, -0.15) is 0 Å². The van der Waals surface area contributed by atoms with Crippen LogP contribution in [0.3, 0.4) is 0 Å². The van der Waals surface area contributed by atoms with E-state index in [2.05, 4.69) is 55.4 Å². The van der Waals surface area contributed by atoms with Crippen molar-refractivity contribution in [3.63, 3.8) is 0 Å². The van der Waals surface area contributed by atoms with Crippen LogP contribution in [0.2, 0.25) is 0 Å². The largest absolute Gasteiger partial charge is 0.344 e. The lowest BCUT2D eigenvalue weighted by Gasteiger charge is -2.36. The van der Waals surface area contributed by atoms with Gasteiger partial charge in [-0.25, -0.2) is 0 Å². The summed E-state index contributed by atoms with van der Waals surface area (Å²) in [6.07, 6.45) is 1.22. The van der Waals surface area contributed by atoms with Crippen molar-refractivity contribution in [3.05, 3.63) is 0 Å². The Bertz CT molecular complexity index is 222. The zero-order valence-corrected chi connectivity index (χ0v) is 12.2. The summed E-state index contributed by atoms with van der Waals surface area (Å²) in [5, 5.41) is 0. The smallest absolute Gasteiger partial charge is 0.166 e. The third kappa shape index (κ3) is 2.78. The average Bonchev–Trinajstić information content (AvgIpc) is 2.43. The van der Waals surface area contributed by atoms with E-state index in [4.69, 9.17) is 9.47 Å². The molecule has 0 amide bonds. The molecule has 2 nitrogen and oxygen atoms in total. The molecule has 96 valence electrons. The minimum atomic E-state index is -0.407. The fourth-order valence-corrected chi connectivity index (χ4v) is 2.12. The molecular formula is C14H28O2. The molecule has 0 radical (unpaired) electrons. The van der Waals surface area contributed by atoms with Gasteiger partial charge in [0.1, 0.15) is 0 Å². The Labute approximate surface area is 101 Å². The Morgan fingerprint density at radius 1 is 0.875 bits per heavy atom. The Morgan fingerprint density at radius 2 is 1.19 bits per heavy atom. The molecule has 2 unspecified atom stereocenters. The van der Waals surface area contributed by atoms with Crippen molar-refractivity contribution in [2.24, 2.45) is 10.8 Å². The molecule has 0 aliphatic carbocycles. The quantitative estimate of drug-likeness (QED) is 0.675. The Hall–Kier alpha value is -0.0800. The van der Waals surface area contributed by atoms with Gasteiger partial charge in [-0.1, -0.05) is 48.5 Å². The lowest BCUT2D eigenvalue weighted by Crippen LogP contribution is -2.42. The topological polar surface area (TPSA) is 18.5 Å². The molecule has 1 fully saturated rings. The van der Waals surface area contributed by atoms with Crippen molar-refractivity contribution < 1.29 is 9.47 Å². The number of ether oxygens (including phenoxy) is 2. The highest BCUT2D eigenvalue weighted by molar-refractivity contribution is 4.95. The summed E-state index contributed by atoms with van der Waals surface area (Å²) < 4.78 is 12.4. The summed E-state index contributed by atoms with van der Waals surface area (Å²) in [5.74, 6) is -0.407. The molecule has 16 heavy (non-hydrogen) atoms. The Balaban J connectivity index is 2.98. The van der Waals surface area contributed by atoms with E-state index < -0.39 is 5.79 Å². The number of hydrogen-bond donors (Lipinski definition) is 0. The minimum absolute atomic E-state index is 0.116. The summed E-state index contributed by atoms with van der Waals surface area (Å²) in [7, 11) is 0. The van der Waals surface area contributed by atoms with Gasteiger partial charge in [0, 0.05) is 0 Å². The second kappa shape index (κ2) is 3.99. The first-order valence-electron chi connectivity index (χ1n) is 6.35. The number of rotatable bonds is 1. The van der Waals surface area contributed by atoms with E-state index in [1.807, 2.05) is 0 Å². The predicted octanol–water partition coefficient (Wildman–Crippen LogP) is 3.99. The van der Waals surface area contributed by atoms with Gasteiger partial charge >= 0.3 is 0 Å². The molecule has 0 bridgehead atoms. The Morgan fingerprint density at radius 3 is 1.38 bits per heavy atom. The maximum Gasteiger partial charge on any atom is 0.166 e. The van der Waals surface area contributed by atoms with Gasteiger partial charge in [0.25, 0.3) is 0 Å². The van der Waals surface area contributed by atoms with Crippen molar-refractivity contribution >= 4 is 0 Å². The molecule has 1 heterocycles. The standard InChI is InChI=1S/C14H28O2/c1-9-14(8)15-10(12(2,3)4)11(16-14)13(5,6)7/h10-11H,9H2,1-8H3. The minimum Gasteiger partial charge on any atom is -0.344 e. The lowest BCUT2D eigenvalue weighted by atomic mass is 9.76. The summed E-state index contributed by atoms with van der Waals surface area (Å²) in [6, 6.07) is 0. The van der Waals surface area contributed by atoms with Gasteiger partial charge in [-0.05, 0) is 24.2 Å². The van der Waals surface area contributed by atoms with Crippen molar-refractivity contribution in [1.82, 2.24) is 0 Å². The summed E-state index contributed by atoms with van der Waals surface area (Å²) in [6.45, 7) is 17.5. The number of hydrogen-bond acceptors (Lipinski definition) is 2. The van der Waals surface area contributed by atoms with E-state index in [9.17, 15) is 0 Å². The van der Waals surface area contributed by atoms with Crippen molar-refractivity contribution in [3.8, 4) is 0 Å². The second-order valence-corrected chi connectivity index (χ2v) is 7.30. The predicted molar refractivity (Wildman–Crippen MR) is 67.4 cm³/mol. The molecule has 0 aromatic rings. The molecule has 0 aromatic heterocycles. The van der Waals surface area contributed by atoms with Gasteiger partial charge in [-0.3, -0.25) is 0 Å². The zero-order chi connectivity index (χ0) is 12.8. The van der Waals surface area contributed by atoms with Gasteiger partial charge in [-0.15, -0.1) is 0 Å². The fourth-order valence-electron chi connectivity index (χ4n) is 2.12. The van der Waals surface area contributed by atoms with E-state index >= 15 is 0 Å². The molecular weight excluding hydrogens is 200 g/mol. The van der Waals surface area contributed by atoms with Crippen LogP contribution in [0.25, 0.3) is 0 Å². The highest BCUT2D eigenvalue weighted by Crippen LogP contribution is 2.45. The van der Waals surface area contributed by atoms with Crippen molar-refractivity contribution in [2.45, 2.75) is 79.8 Å². The van der Waals surface area contributed by atoms with Crippen LogP contribution in [-0.2, 0) is 9.47 Å². The summed E-state index contributed by atoms with van der Waals surface area (Å²) >= 11 is 0. The highest BCUT2D eigenvalue weighted by atomic mass is 16.8.